The van der Waals surface area contributed by atoms with Gasteiger partial charge in [0.2, 0.25) is 5.91 Å². The van der Waals surface area contributed by atoms with Crippen molar-refractivity contribution in [3.8, 4) is 0 Å². The Balaban J connectivity index is 2.25. The van der Waals surface area contributed by atoms with Crippen LogP contribution in [-0.4, -0.2) is 20.7 Å². The predicted octanol–water partition coefficient (Wildman–Crippen LogP) is 4.22. The standard InChI is InChI=1S/C16H22BrN3O/c1-9(2)13(17)14(21)18-10-6-7-11-12(8-10)20-15(19-11)16(3,4)5/h6-9,13H,1-5H3,(H,18,21)(H,19,20). The molecule has 0 saturated heterocycles. The van der Waals surface area contributed by atoms with Crippen molar-refractivity contribution >= 4 is 38.6 Å². The molecule has 1 atom stereocenters. The van der Waals surface area contributed by atoms with Crippen LogP contribution in [0.2, 0.25) is 0 Å². The Labute approximate surface area is 133 Å². The number of carbonyl (C=O) groups excluding carboxylic acids is 1. The van der Waals surface area contributed by atoms with E-state index >= 15 is 0 Å². The topological polar surface area (TPSA) is 57.8 Å². The van der Waals surface area contributed by atoms with E-state index < -0.39 is 0 Å². The summed E-state index contributed by atoms with van der Waals surface area (Å²) >= 11 is 3.41. The molecule has 5 heteroatoms. The Kier molecular flexibility index (Phi) is 4.42. The SMILES string of the molecule is CC(C)C(Br)C(=O)Nc1ccc2nc(C(C)(C)C)[nH]c2c1. The first-order valence-corrected chi connectivity index (χ1v) is 8.05. The molecule has 0 aliphatic heterocycles. The second-order valence-corrected chi connectivity index (χ2v) is 7.69. The predicted molar refractivity (Wildman–Crippen MR) is 91.0 cm³/mol. The van der Waals surface area contributed by atoms with E-state index in [1.54, 1.807) is 0 Å². The van der Waals surface area contributed by atoms with Crippen molar-refractivity contribution in [3.05, 3.63) is 24.0 Å². The zero-order chi connectivity index (χ0) is 15.8. The van der Waals surface area contributed by atoms with Crippen LogP contribution in [0.5, 0.6) is 0 Å². The Morgan fingerprint density at radius 1 is 1.33 bits per heavy atom. The molecular formula is C16H22BrN3O. The number of aromatic nitrogens is 2. The molecule has 2 N–H and O–H groups in total. The quantitative estimate of drug-likeness (QED) is 0.813. The summed E-state index contributed by atoms with van der Waals surface area (Å²) < 4.78 is 0. The lowest BCUT2D eigenvalue weighted by Gasteiger charge is -2.14. The molecule has 0 aliphatic rings. The highest BCUT2D eigenvalue weighted by Gasteiger charge is 2.20. The fraction of sp³-hybridized carbons (Fsp3) is 0.500. The number of halogens is 1. The van der Waals surface area contributed by atoms with Crippen molar-refractivity contribution in [3.63, 3.8) is 0 Å². The average Bonchev–Trinajstić information content (AvgIpc) is 2.80. The number of hydrogen-bond acceptors (Lipinski definition) is 2. The molecule has 0 aliphatic carbocycles. The highest BCUT2D eigenvalue weighted by molar-refractivity contribution is 9.10. The number of hydrogen-bond donors (Lipinski definition) is 2. The van der Waals surface area contributed by atoms with Crippen molar-refractivity contribution in [1.82, 2.24) is 9.97 Å². The zero-order valence-corrected chi connectivity index (χ0v) is 14.7. The molecule has 0 saturated carbocycles. The summed E-state index contributed by atoms with van der Waals surface area (Å²) in [6.07, 6.45) is 0. The third kappa shape index (κ3) is 3.64. The van der Waals surface area contributed by atoms with Gasteiger partial charge in [0.15, 0.2) is 0 Å². The fourth-order valence-electron chi connectivity index (χ4n) is 1.96. The van der Waals surface area contributed by atoms with E-state index in [0.29, 0.717) is 0 Å². The maximum atomic E-state index is 12.1. The zero-order valence-electron chi connectivity index (χ0n) is 13.1. The number of alkyl halides is 1. The number of aromatic amines is 1. The number of benzene rings is 1. The Bertz CT molecular complexity index is 655. The first-order valence-electron chi connectivity index (χ1n) is 7.13. The van der Waals surface area contributed by atoms with Crippen LogP contribution in [-0.2, 0) is 10.2 Å². The number of H-pyrrole nitrogens is 1. The van der Waals surface area contributed by atoms with Crippen LogP contribution in [0.1, 0.15) is 40.4 Å². The van der Waals surface area contributed by atoms with Crippen LogP contribution in [0.4, 0.5) is 5.69 Å². The molecule has 2 aromatic rings. The van der Waals surface area contributed by atoms with Crippen molar-refractivity contribution < 1.29 is 4.79 Å². The molecule has 0 radical (unpaired) electrons. The van der Waals surface area contributed by atoms with Gasteiger partial charge in [0, 0.05) is 11.1 Å². The molecule has 0 bridgehead atoms. The normalized spacial score (nSPS) is 13.7. The van der Waals surface area contributed by atoms with Crippen molar-refractivity contribution in [2.24, 2.45) is 5.92 Å². The molecular weight excluding hydrogens is 330 g/mol. The lowest BCUT2D eigenvalue weighted by molar-refractivity contribution is -0.116. The smallest absolute Gasteiger partial charge is 0.238 e. The number of rotatable bonds is 3. The van der Waals surface area contributed by atoms with Crippen LogP contribution in [0.15, 0.2) is 18.2 Å². The van der Waals surface area contributed by atoms with Gasteiger partial charge in [-0.1, -0.05) is 50.5 Å². The van der Waals surface area contributed by atoms with Gasteiger partial charge in [-0.25, -0.2) is 4.98 Å². The second-order valence-electron chi connectivity index (χ2n) is 6.70. The van der Waals surface area contributed by atoms with Gasteiger partial charge in [-0.3, -0.25) is 4.79 Å². The molecule has 114 valence electrons. The second kappa shape index (κ2) is 5.79. The third-order valence-corrected chi connectivity index (χ3v) is 4.77. The van der Waals surface area contributed by atoms with Crippen molar-refractivity contribution in [2.75, 3.05) is 5.32 Å². The molecule has 1 aromatic carbocycles. The third-order valence-electron chi connectivity index (χ3n) is 3.30. The highest BCUT2D eigenvalue weighted by Crippen LogP contribution is 2.24. The molecule has 0 fully saturated rings. The Morgan fingerprint density at radius 3 is 2.57 bits per heavy atom. The fourth-order valence-corrected chi connectivity index (χ4v) is 2.07. The Hall–Kier alpha value is -1.36. The van der Waals surface area contributed by atoms with Gasteiger partial charge in [-0.2, -0.15) is 0 Å². The molecule has 4 nitrogen and oxygen atoms in total. The van der Waals surface area contributed by atoms with Gasteiger partial charge in [-0.15, -0.1) is 0 Å². The van der Waals surface area contributed by atoms with E-state index in [1.165, 1.54) is 0 Å². The summed E-state index contributed by atoms with van der Waals surface area (Å²) in [7, 11) is 0. The number of fused-ring (bicyclic) bond motifs is 1. The summed E-state index contributed by atoms with van der Waals surface area (Å²) in [6, 6.07) is 5.73. The minimum Gasteiger partial charge on any atom is -0.341 e. The molecule has 21 heavy (non-hydrogen) atoms. The lowest BCUT2D eigenvalue weighted by atomic mass is 9.96. The highest BCUT2D eigenvalue weighted by atomic mass is 79.9. The van der Waals surface area contributed by atoms with E-state index in [2.05, 4.69) is 52.0 Å². The summed E-state index contributed by atoms with van der Waals surface area (Å²) in [4.78, 5) is 19.8. The molecule has 1 heterocycles. The first-order chi connectivity index (χ1) is 9.68. The van der Waals surface area contributed by atoms with Crippen LogP contribution in [0, 0.1) is 5.92 Å². The van der Waals surface area contributed by atoms with Crippen molar-refractivity contribution in [1.29, 1.82) is 0 Å². The summed E-state index contributed by atoms with van der Waals surface area (Å²) in [5.74, 6) is 1.16. The largest absolute Gasteiger partial charge is 0.341 e. The van der Waals surface area contributed by atoms with E-state index in [-0.39, 0.29) is 22.1 Å². The van der Waals surface area contributed by atoms with E-state index in [0.717, 1.165) is 22.5 Å². The summed E-state index contributed by atoms with van der Waals surface area (Å²) in [6.45, 7) is 10.4. The van der Waals surface area contributed by atoms with Gasteiger partial charge in [0.05, 0.1) is 15.9 Å². The van der Waals surface area contributed by atoms with Crippen molar-refractivity contribution in [2.45, 2.75) is 44.9 Å². The molecule has 1 aromatic heterocycles. The van der Waals surface area contributed by atoms with Crippen LogP contribution in [0.25, 0.3) is 11.0 Å². The van der Waals surface area contributed by atoms with Gasteiger partial charge >= 0.3 is 0 Å². The van der Waals surface area contributed by atoms with E-state index in [4.69, 9.17) is 0 Å². The number of amides is 1. The van der Waals surface area contributed by atoms with Gasteiger partial charge < -0.3 is 10.3 Å². The van der Waals surface area contributed by atoms with Gasteiger partial charge in [0.1, 0.15) is 5.82 Å². The number of nitrogens with one attached hydrogen (secondary N) is 2. The maximum absolute atomic E-state index is 12.1. The number of imidazole rings is 1. The lowest BCUT2D eigenvalue weighted by Crippen LogP contribution is -2.26. The number of anilines is 1. The number of nitrogens with zero attached hydrogens (tertiary/aromatic N) is 1. The maximum Gasteiger partial charge on any atom is 0.238 e. The monoisotopic (exact) mass is 351 g/mol. The summed E-state index contributed by atoms with van der Waals surface area (Å²) in [5, 5.41) is 2.93. The average molecular weight is 352 g/mol. The molecule has 2 rings (SSSR count). The van der Waals surface area contributed by atoms with Gasteiger partial charge in [-0.05, 0) is 24.1 Å². The van der Waals surface area contributed by atoms with Gasteiger partial charge in [0.25, 0.3) is 0 Å². The van der Waals surface area contributed by atoms with Crippen LogP contribution < -0.4 is 5.32 Å². The molecule has 1 unspecified atom stereocenters. The first kappa shape index (κ1) is 16.0. The minimum absolute atomic E-state index is 0.0268. The summed E-state index contributed by atoms with van der Waals surface area (Å²) in [5.41, 5.74) is 2.60. The minimum atomic E-state index is -0.194. The molecule has 1 amide bonds. The Morgan fingerprint density at radius 2 is 2.00 bits per heavy atom. The van der Waals surface area contributed by atoms with Crippen LogP contribution >= 0.6 is 15.9 Å². The van der Waals surface area contributed by atoms with Crippen LogP contribution in [0.3, 0.4) is 0 Å². The van der Waals surface area contributed by atoms with E-state index in [9.17, 15) is 4.79 Å². The van der Waals surface area contributed by atoms with E-state index in [1.807, 2.05) is 32.0 Å². The number of carbonyl (C=O) groups is 1. The molecule has 0 spiro atoms.